The Labute approximate surface area is 80.1 Å². The molecule has 0 aromatic heterocycles. The van der Waals surface area contributed by atoms with Gasteiger partial charge in [-0.15, -0.1) is 0 Å². The molecule has 13 heavy (non-hydrogen) atoms. The van der Waals surface area contributed by atoms with E-state index in [0.717, 1.165) is 45.6 Å². The van der Waals surface area contributed by atoms with Crippen LogP contribution in [0.4, 0.5) is 0 Å². The lowest BCUT2D eigenvalue weighted by Crippen LogP contribution is -2.24. The molecule has 0 aromatic carbocycles. The van der Waals surface area contributed by atoms with Crippen molar-refractivity contribution in [3.05, 3.63) is 0 Å². The molecule has 0 amide bonds. The van der Waals surface area contributed by atoms with Crippen LogP contribution in [0.5, 0.6) is 0 Å². The van der Waals surface area contributed by atoms with E-state index < -0.39 is 0 Å². The van der Waals surface area contributed by atoms with Crippen LogP contribution in [0.1, 0.15) is 26.2 Å². The highest BCUT2D eigenvalue weighted by molar-refractivity contribution is 5.49. The molecule has 3 heteroatoms. The molecule has 1 atom stereocenters. The Balaban J connectivity index is 2.06. The van der Waals surface area contributed by atoms with Crippen molar-refractivity contribution in [2.75, 3.05) is 26.4 Å². The molecular formula is C10H19NO2. The highest BCUT2D eigenvalue weighted by atomic mass is 16.5. The van der Waals surface area contributed by atoms with Crippen molar-refractivity contribution in [1.29, 1.82) is 0 Å². The van der Waals surface area contributed by atoms with Gasteiger partial charge in [0.1, 0.15) is 6.29 Å². The zero-order chi connectivity index (χ0) is 9.52. The molecule has 0 radical (unpaired) electrons. The lowest BCUT2D eigenvalue weighted by Gasteiger charge is -2.14. The molecule has 0 aliphatic carbocycles. The maximum atomic E-state index is 10.3. The number of hydrogen-bond donors (Lipinski definition) is 0. The largest absolute Gasteiger partial charge is 0.366 e. The van der Waals surface area contributed by atoms with Crippen LogP contribution in [0, 0.1) is 5.92 Å². The third kappa shape index (κ3) is 3.87. The third-order valence-electron chi connectivity index (χ3n) is 2.42. The minimum Gasteiger partial charge on any atom is -0.366 e. The normalized spacial score (nSPS) is 23.6. The average Bonchev–Trinajstić information content (AvgIpc) is 2.54. The topological polar surface area (TPSA) is 29.5 Å². The Morgan fingerprint density at radius 2 is 2.46 bits per heavy atom. The van der Waals surface area contributed by atoms with Gasteiger partial charge >= 0.3 is 0 Å². The SMILES string of the molecule is CCCOCN1CCC(CC=O)C1. The van der Waals surface area contributed by atoms with E-state index in [-0.39, 0.29) is 0 Å². The van der Waals surface area contributed by atoms with Crippen LogP contribution in [0.25, 0.3) is 0 Å². The Hall–Kier alpha value is -0.410. The Morgan fingerprint density at radius 3 is 3.15 bits per heavy atom. The molecule has 3 nitrogen and oxygen atoms in total. The van der Waals surface area contributed by atoms with Gasteiger partial charge in [-0.3, -0.25) is 4.90 Å². The van der Waals surface area contributed by atoms with Crippen molar-refractivity contribution in [3.8, 4) is 0 Å². The highest BCUT2D eigenvalue weighted by Gasteiger charge is 2.21. The van der Waals surface area contributed by atoms with Gasteiger partial charge in [0.15, 0.2) is 0 Å². The van der Waals surface area contributed by atoms with E-state index in [9.17, 15) is 4.79 Å². The van der Waals surface area contributed by atoms with Gasteiger partial charge in [0.05, 0.1) is 6.73 Å². The minimum absolute atomic E-state index is 0.572. The second-order valence-electron chi connectivity index (χ2n) is 3.67. The van der Waals surface area contributed by atoms with Crippen molar-refractivity contribution in [1.82, 2.24) is 4.90 Å². The summed E-state index contributed by atoms with van der Waals surface area (Å²) in [7, 11) is 0. The molecule has 0 N–H and O–H groups in total. The summed E-state index contributed by atoms with van der Waals surface area (Å²) in [6, 6.07) is 0. The Bertz CT molecular complexity index is 150. The Kier molecular flexibility index (Phi) is 5.01. The molecule has 1 saturated heterocycles. The second-order valence-corrected chi connectivity index (χ2v) is 3.67. The van der Waals surface area contributed by atoms with E-state index in [1.807, 2.05) is 0 Å². The number of hydrogen-bond acceptors (Lipinski definition) is 3. The number of likely N-dealkylation sites (tertiary alicyclic amines) is 1. The van der Waals surface area contributed by atoms with Crippen LogP contribution in [-0.4, -0.2) is 37.6 Å². The number of carbonyl (C=O) groups is 1. The number of carbonyl (C=O) groups excluding carboxylic acids is 1. The van der Waals surface area contributed by atoms with Gasteiger partial charge in [-0.1, -0.05) is 6.92 Å². The summed E-state index contributed by atoms with van der Waals surface area (Å²) in [5.74, 6) is 0.572. The number of ether oxygens (including phenoxy) is 1. The number of rotatable bonds is 6. The highest BCUT2D eigenvalue weighted by Crippen LogP contribution is 2.17. The second kappa shape index (κ2) is 6.11. The van der Waals surface area contributed by atoms with Crippen molar-refractivity contribution in [3.63, 3.8) is 0 Å². The predicted molar refractivity (Wildman–Crippen MR) is 51.5 cm³/mol. The summed E-state index contributed by atoms with van der Waals surface area (Å²) in [5, 5.41) is 0. The van der Waals surface area contributed by atoms with Gasteiger partial charge in [-0.2, -0.15) is 0 Å². The maximum Gasteiger partial charge on any atom is 0.120 e. The van der Waals surface area contributed by atoms with E-state index in [2.05, 4.69) is 11.8 Å². The summed E-state index contributed by atoms with van der Waals surface area (Å²) >= 11 is 0. The molecule has 1 fully saturated rings. The van der Waals surface area contributed by atoms with Crippen LogP contribution in [0.15, 0.2) is 0 Å². The molecule has 0 spiro atoms. The van der Waals surface area contributed by atoms with E-state index in [4.69, 9.17) is 4.74 Å². The van der Waals surface area contributed by atoms with Crippen molar-refractivity contribution in [2.45, 2.75) is 26.2 Å². The van der Waals surface area contributed by atoms with Crippen LogP contribution >= 0.6 is 0 Å². The van der Waals surface area contributed by atoms with E-state index in [1.165, 1.54) is 0 Å². The van der Waals surface area contributed by atoms with Crippen LogP contribution in [0.2, 0.25) is 0 Å². The average molecular weight is 185 g/mol. The summed E-state index contributed by atoms with van der Waals surface area (Å²) in [6.45, 7) is 5.81. The van der Waals surface area contributed by atoms with Crippen LogP contribution < -0.4 is 0 Å². The quantitative estimate of drug-likeness (QED) is 0.461. The first-order valence-electron chi connectivity index (χ1n) is 5.10. The fourth-order valence-electron chi connectivity index (χ4n) is 1.70. The molecule has 0 aromatic rings. The van der Waals surface area contributed by atoms with Gasteiger partial charge in [0.2, 0.25) is 0 Å². The van der Waals surface area contributed by atoms with E-state index >= 15 is 0 Å². The lowest BCUT2D eigenvalue weighted by atomic mass is 10.1. The monoisotopic (exact) mass is 185 g/mol. The fourth-order valence-corrected chi connectivity index (χ4v) is 1.70. The fraction of sp³-hybridized carbons (Fsp3) is 0.900. The van der Waals surface area contributed by atoms with Gasteiger partial charge in [-0.05, 0) is 18.8 Å². The molecule has 1 aliphatic rings. The van der Waals surface area contributed by atoms with E-state index in [0.29, 0.717) is 12.3 Å². The van der Waals surface area contributed by atoms with Gasteiger partial charge < -0.3 is 9.53 Å². The summed E-state index contributed by atoms with van der Waals surface area (Å²) in [5.41, 5.74) is 0. The smallest absolute Gasteiger partial charge is 0.120 e. The van der Waals surface area contributed by atoms with E-state index in [1.54, 1.807) is 0 Å². The molecule has 1 unspecified atom stereocenters. The van der Waals surface area contributed by atoms with Gasteiger partial charge in [0.25, 0.3) is 0 Å². The summed E-state index contributed by atoms with van der Waals surface area (Å²) in [6.07, 6.45) is 3.96. The first-order valence-corrected chi connectivity index (χ1v) is 5.10. The molecule has 1 aliphatic heterocycles. The van der Waals surface area contributed by atoms with Crippen LogP contribution in [0.3, 0.4) is 0 Å². The van der Waals surface area contributed by atoms with Crippen LogP contribution in [-0.2, 0) is 9.53 Å². The van der Waals surface area contributed by atoms with Crippen molar-refractivity contribution >= 4 is 6.29 Å². The molecule has 76 valence electrons. The molecule has 1 heterocycles. The minimum atomic E-state index is 0.572. The van der Waals surface area contributed by atoms with Gasteiger partial charge in [0, 0.05) is 26.1 Å². The lowest BCUT2D eigenvalue weighted by molar-refractivity contribution is -0.108. The predicted octanol–water partition coefficient (Wildman–Crippen LogP) is 1.28. The molecule has 0 bridgehead atoms. The zero-order valence-electron chi connectivity index (χ0n) is 8.37. The van der Waals surface area contributed by atoms with Crippen molar-refractivity contribution < 1.29 is 9.53 Å². The molecular weight excluding hydrogens is 166 g/mol. The number of aldehydes is 1. The Morgan fingerprint density at radius 1 is 1.62 bits per heavy atom. The maximum absolute atomic E-state index is 10.3. The molecule has 0 saturated carbocycles. The first-order chi connectivity index (χ1) is 6.36. The summed E-state index contributed by atoms with van der Waals surface area (Å²) < 4.78 is 5.43. The third-order valence-corrected chi connectivity index (χ3v) is 2.42. The summed E-state index contributed by atoms with van der Waals surface area (Å²) in [4.78, 5) is 12.6. The molecule has 1 rings (SSSR count). The van der Waals surface area contributed by atoms with Crippen molar-refractivity contribution in [2.24, 2.45) is 5.92 Å². The first kappa shape index (κ1) is 10.7. The number of nitrogens with zero attached hydrogens (tertiary/aromatic N) is 1. The standard InChI is InChI=1S/C10H19NO2/c1-2-7-13-9-11-5-3-10(8-11)4-6-12/h6,10H,2-5,7-9H2,1H3. The zero-order valence-corrected chi connectivity index (χ0v) is 8.37. The van der Waals surface area contributed by atoms with Gasteiger partial charge in [-0.25, -0.2) is 0 Å².